The standard InChI is InChI=1S/C22H22N2/c1-3-9-17(10-4-1)19-15-21-13-7-8-14-22(21,23-19)16-20(24-21)18-11-5-2-6-12-18/h1-6,9-12H,7-8,13-16H2. The van der Waals surface area contributed by atoms with E-state index in [2.05, 4.69) is 60.7 Å². The van der Waals surface area contributed by atoms with Crippen molar-refractivity contribution in [2.75, 3.05) is 0 Å². The average Bonchev–Trinajstić information content (AvgIpc) is 3.14. The Morgan fingerprint density at radius 2 is 1.00 bits per heavy atom. The highest BCUT2D eigenvalue weighted by Crippen LogP contribution is 2.56. The quantitative estimate of drug-likeness (QED) is 0.759. The molecule has 0 bridgehead atoms. The molecule has 0 N–H and O–H groups in total. The van der Waals surface area contributed by atoms with Gasteiger partial charge in [0, 0.05) is 24.3 Å². The van der Waals surface area contributed by atoms with Gasteiger partial charge >= 0.3 is 0 Å². The molecule has 2 nitrogen and oxygen atoms in total. The zero-order chi connectivity index (χ0) is 16.0. The molecule has 2 unspecified atom stereocenters. The molecular formula is C22H22N2. The van der Waals surface area contributed by atoms with Crippen LogP contribution in [-0.2, 0) is 0 Å². The van der Waals surface area contributed by atoms with Crippen LogP contribution in [0.4, 0.5) is 0 Å². The van der Waals surface area contributed by atoms with Gasteiger partial charge in [-0.3, -0.25) is 9.98 Å². The van der Waals surface area contributed by atoms with Crippen LogP contribution in [0.5, 0.6) is 0 Å². The highest BCUT2D eigenvalue weighted by atomic mass is 15.1. The summed E-state index contributed by atoms with van der Waals surface area (Å²) < 4.78 is 0. The number of hydrogen-bond donors (Lipinski definition) is 0. The second kappa shape index (κ2) is 5.14. The van der Waals surface area contributed by atoms with Crippen molar-refractivity contribution in [3.05, 3.63) is 71.8 Å². The summed E-state index contributed by atoms with van der Waals surface area (Å²) >= 11 is 0. The second-order valence-corrected chi connectivity index (χ2v) is 7.47. The van der Waals surface area contributed by atoms with Gasteiger partial charge in [0.15, 0.2) is 0 Å². The maximum Gasteiger partial charge on any atom is 0.0921 e. The van der Waals surface area contributed by atoms with Crippen LogP contribution in [0, 0.1) is 0 Å². The Balaban J connectivity index is 1.57. The molecule has 0 spiro atoms. The van der Waals surface area contributed by atoms with Crippen LogP contribution in [0.1, 0.15) is 49.7 Å². The Hall–Kier alpha value is -2.22. The fourth-order valence-corrected chi connectivity index (χ4v) is 4.95. The normalized spacial score (nSPS) is 31.2. The summed E-state index contributed by atoms with van der Waals surface area (Å²) in [6.45, 7) is 0. The fraction of sp³-hybridized carbons (Fsp3) is 0.364. The number of nitrogens with zero attached hydrogens (tertiary/aromatic N) is 2. The van der Waals surface area contributed by atoms with E-state index in [1.165, 1.54) is 48.2 Å². The van der Waals surface area contributed by atoms with Crippen molar-refractivity contribution in [2.45, 2.75) is 49.6 Å². The number of rotatable bonds is 2. The van der Waals surface area contributed by atoms with E-state index in [0.29, 0.717) is 0 Å². The topological polar surface area (TPSA) is 24.7 Å². The molecule has 0 amide bonds. The van der Waals surface area contributed by atoms with Crippen LogP contribution >= 0.6 is 0 Å². The molecule has 0 aromatic heterocycles. The van der Waals surface area contributed by atoms with Crippen molar-refractivity contribution in [2.24, 2.45) is 9.98 Å². The molecule has 2 heteroatoms. The maximum absolute atomic E-state index is 5.34. The number of hydrogen-bond acceptors (Lipinski definition) is 2. The van der Waals surface area contributed by atoms with E-state index < -0.39 is 0 Å². The lowest BCUT2D eigenvalue weighted by atomic mass is 9.67. The molecule has 2 aromatic rings. The van der Waals surface area contributed by atoms with E-state index in [-0.39, 0.29) is 11.1 Å². The highest BCUT2D eigenvalue weighted by Gasteiger charge is 2.60. The van der Waals surface area contributed by atoms with E-state index in [0.717, 1.165) is 12.8 Å². The summed E-state index contributed by atoms with van der Waals surface area (Å²) in [7, 11) is 0. The van der Waals surface area contributed by atoms with Crippen molar-refractivity contribution >= 4 is 11.4 Å². The molecule has 24 heavy (non-hydrogen) atoms. The van der Waals surface area contributed by atoms with Gasteiger partial charge in [0.25, 0.3) is 0 Å². The van der Waals surface area contributed by atoms with Gasteiger partial charge < -0.3 is 0 Å². The number of benzene rings is 2. The second-order valence-electron chi connectivity index (χ2n) is 7.47. The van der Waals surface area contributed by atoms with Gasteiger partial charge in [0.2, 0.25) is 0 Å². The zero-order valence-corrected chi connectivity index (χ0v) is 13.9. The number of aliphatic imine (C=N–C) groups is 2. The first-order valence-electron chi connectivity index (χ1n) is 9.09. The Kier molecular flexibility index (Phi) is 3.03. The molecule has 0 radical (unpaired) electrons. The third-order valence-corrected chi connectivity index (χ3v) is 6.13. The van der Waals surface area contributed by atoms with Crippen molar-refractivity contribution < 1.29 is 0 Å². The Morgan fingerprint density at radius 1 is 0.583 bits per heavy atom. The molecule has 3 aliphatic rings. The summed E-state index contributed by atoms with van der Waals surface area (Å²) in [4.78, 5) is 10.7. The molecule has 1 aliphatic carbocycles. The molecule has 1 fully saturated rings. The maximum atomic E-state index is 5.34. The molecule has 0 saturated heterocycles. The van der Waals surface area contributed by atoms with Gasteiger partial charge in [-0.15, -0.1) is 0 Å². The average molecular weight is 314 g/mol. The lowest BCUT2D eigenvalue weighted by molar-refractivity contribution is 0.198. The summed E-state index contributed by atoms with van der Waals surface area (Å²) in [5.74, 6) is 0. The van der Waals surface area contributed by atoms with Crippen LogP contribution in [0.25, 0.3) is 0 Å². The first kappa shape index (κ1) is 14.2. The van der Waals surface area contributed by atoms with E-state index >= 15 is 0 Å². The molecule has 1 saturated carbocycles. The van der Waals surface area contributed by atoms with Crippen LogP contribution in [0.3, 0.4) is 0 Å². The van der Waals surface area contributed by atoms with Crippen molar-refractivity contribution in [1.29, 1.82) is 0 Å². The molecular weight excluding hydrogens is 292 g/mol. The van der Waals surface area contributed by atoms with Crippen LogP contribution in [0.15, 0.2) is 70.6 Å². The van der Waals surface area contributed by atoms with Crippen LogP contribution in [0.2, 0.25) is 0 Å². The smallest absolute Gasteiger partial charge is 0.0921 e. The Bertz CT molecular complexity index is 750. The van der Waals surface area contributed by atoms with Gasteiger partial charge in [-0.25, -0.2) is 0 Å². The molecule has 120 valence electrons. The van der Waals surface area contributed by atoms with E-state index in [4.69, 9.17) is 9.98 Å². The van der Waals surface area contributed by atoms with Crippen molar-refractivity contribution in [1.82, 2.24) is 0 Å². The summed E-state index contributed by atoms with van der Waals surface area (Å²) in [6, 6.07) is 21.4. The van der Waals surface area contributed by atoms with Crippen LogP contribution < -0.4 is 0 Å². The van der Waals surface area contributed by atoms with Gasteiger partial charge in [-0.05, 0) is 24.0 Å². The largest absolute Gasteiger partial charge is 0.279 e. The lowest BCUT2D eigenvalue weighted by Crippen LogP contribution is -2.47. The monoisotopic (exact) mass is 314 g/mol. The summed E-state index contributed by atoms with van der Waals surface area (Å²) in [6.07, 6.45) is 6.95. The Morgan fingerprint density at radius 3 is 1.42 bits per heavy atom. The van der Waals surface area contributed by atoms with Gasteiger partial charge in [0.05, 0.1) is 11.1 Å². The minimum Gasteiger partial charge on any atom is -0.279 e. The predicted octanol–water partition coefficient (Wildman–Crippen LogP) is 4.82. The van der Waals surface area contributed by atoms with Gasteiger partial charge in [-0.1, -0.05) is 73.5 Å². The summed E-state index contributed by atoms with van der Waals surface area (Å²) in [5.41, 5.74) is 5.14. The third kappa shape index (κ3) is 1.95. The SMILES string of the molecule is c1ccc(C2=NC34CCCCC3(C2)N=C(c2ccccc2)C4)cc1. The predicted molar refractivity (Wildman–Crippen MR) is 99.1 cm³/mol. The van der Waals surface area contributed by atoms with Gasteiger partial charge in [0.1, 0.15) is 0 Å². The fourth-order valence-electron chi connectivity index (χ4n) is 4.95. The third-order valence-electron chi connectivity index (χ3n) is 6.13. The van der Waals surface area contributed by atoms with Crippen molar-refractivity contribution in [3.63, 3.8) is 0 Å². The van der Waals surface area contributed by atoms with E-state index in [1.54, 1.807) is 0 Å². The lowest BCUT2D eigenvalue weighted by Gasteiger charge is -2.40. The van der Waals surface area contributed by atoms with Crippen molar-refractivity contribution in [3.8, 4) is 0 Å². The first-order chi connectivity index (χ1) is 11.8. The molecule has 2 atom stereocenters. The minimum atomic E-state index is 0.0155. The molecule has 2 aliphatic heterocycles. The first-order valence-corrected chi connectivity index (χ1v) is 9.09. The van der Waals surface area contributed by atoms with Gasteiger partial charge in [-0.2, -0.15) is 0 Å². The summed E-state index contributed by atoms with van der Waals surface area (Å²) in [5, 5.41) is 0. The highest BCUT2D eigenvalue weighted by molar-refractivity contribution is 6.08. The molecule has 5 rings (SSSR count). The van der Waals surface area contributed by atoms with E-state index in [9.17, 15) is 0 Å². The zero-order valence-electron chi connectivity index (χ0n) is 13.9. The van der Waals surface area contributed by atoms with Crippen LogP contribution in [-0.4, -0.2) is 22.5 Å². The Labute approximate surface area is 143 Å². The van der Waals surface area contributed by atoms with E-state index in [1.807, 2.05) is 0 Å². The molecule has 2 aromatic carbocycles. The molecule has 2 heterocycles. The minimum absolute atomic E-state index is 0.0155.